The van der Waals surface area contributed by atoms with Crippen molar-refractivity contribution in [1.82, 2.24) is 25.1 Å². The molecule has 33 heavy (non-hydrogen) atoms. The van der Waals surface area contributed by atoms with Gasteiger partial charge in [0, 0.05) is 18.6 Å². The van der Waals surface area contributed by atoms with Gasteiger partial charge in [0.25, 0.3) is 11.8 Å². The smallest absolute Gasteiger partial charge is 0.274 e. The van der Waals surface area contributed by atoms with Crippen molar-refractivity contribution in [3.8, 4) is 0 Å². The third-order valence-electron chi connectivity index (χ3n) is 7.15. The number of rotatable bonds is 6. The van der Waals surface area contributed by atoms with Crippen molar-refractivity contribution in [2.75, 3.05) is 0 Å². The number of carbonyl (C=O) groups is 3. The molecule has 2 heterocycles. The maximum absolute atomic E-state index is 13.7. The first-order valence-corrected chi connectivity index (χ1v) is 11.9. The minimum Gasteiger partial charge on any atom is -0.351 e. The van der Waals surface area contributed by atoms with Crippen LogP contribution in [0.2, 0.25) is 0 Å². The van der Waals surface area contributed by atoms with E-state index in [0.29, 0.717) is 13.1 Å². The number of amides is 3. The minimum absolute atomic E-state index is 0.0314. The van der Waals surface area contributed by atoms with Crippen LogP contribution in [0.25, 0.3) is 0 Å². The highest BCUT2D eigenvalue weighted by molar-refractivity contribution is 6.07. The fourth-order valence-corrected chi connectivity index (χ4v) is 5.10. The summed E-state index contributed by atoms with van der Waals surface area (Å²) < 4.78 is 1.68. The maximum Gasteiger partial charge on any atom is 0.274 e. The molecule has 1 aliphatic heterocycles. The number of hydrogen-bond acceptors (Lipinski definition) is 4. The summed E-state index contributed by atoms with van der Waals surface area (Å²) in [5, 5.41) is 6.06. The highest BCUT2D eigenvalue weighted by atomic mass is 16.2. The molecule has 0 spiro atoms. The molecule has 2 fully saturated rings. The fourth-order valence-electron chi connectivity index (χ4n) is 5.10. The van der Waals surface area contributed by atoms with E-state index in [4.69, 9.17) is 0 Å². The Morgan fingerprint density at radius 3 is 2.48 bits per heavy atom. The van der Waals surface area contributed by atoms with Crippen LogP contribution in [0.3, 0.4) is 0 Å². The van der Waals surface area contributed by atoms with Crippen LogP contribution in [0.1, 0.15) is 77.6 Å². The molecule has 0 bridgehead atoms. The van der Waals surface area contributed by atoms with Crippen LogP contribution >= 0.6 is 0 Å². The highest BCUT2D eigenvalue weighted by Gasteiger charge is 2.54. The second-order valence-corrected chi connectivity index (χ2v) is 9.87. The highest BCUT2D eigenvalue weighted by Crippen LogP contribution is 2.39. The third-order valence-corrected chi connectivity index (χ3v) is 7.15. The van der Waals surface area contributed by atoms with Crippen LogP contribution in [-0.2, 0) is 17.9 Å². The van der Waals surface area contributed by atoms with Gasteiger partial charge < -0.3 is 20.1 Å². The summed E-state index contributed by atoms with van der Waals surface area (Å²) >= 11 is 0. The van der Waals surface area contributed by atoms with Crippen LogP contribution in [0.4, 0.5) is 0 Å². The first kappa shape index (κ1) is 21.7. The van der Waals surface area contributed by atoms with E-state index >= 15 is 0 Å². The van der Waals surface area contributed by atoms with Crippen LogP contribution in [0.5, 0.6) is 0 Å². The van der Waals surface area contributed by atoms with E-state index in [1.807, 2.05) is 38.1 Å². The Bertz CT molecular complexity index is 1080. The molecule has 1 aromatic heterocycles. The van der Waals surface area contributed by atoms with Crippen molar-refractivity contribution in [2.45, 2.75) is 83.1 Å². The number of nitrogens with one attached hydrogen (secondary N) is 2. The summed E-state index contributed by atoms with van der Waals surface area (Å²) in [5.74, 6) is -0.780. The summed E-state index contributed by atoms with van der Waals surface area (Å²) in [7, 11) is 0. The van der Waals surface area contributed by atoms with Gasteiger partial charge in [0.2, 0.25) is 5.91 Å². The quantitative estimate of drug-likeness (QED) is 0.708. The lowest BCUT2D eigenvalue weighted by Crippen LogP contribution is -2.65. The number of hydrogen-bond donors (Lipinski definition) is 2. The Kier molecular flexibility index (Phi) is 5.46. The van der Waals surface area contributed by atoms with E-state index < -0.39 is 5.54 Å². The maximum atomic E-state index is 13.7. The van der Waals surface area contributed by atoms with Crippen LogP contribution in [0, 0.1) is 6.92 Å². The average molecular weight is 450 g/mol. The Labute approximate surface area is 193 Å². The molecule has 2 N–H and O–H groups in total. The summed E-state index contributed by atoms with van der Waals surface area (Å²) in [5.41, 5.74) is 1.53. The van der Waals surface area contributed by atoms with E-state index in [-0.39, 0.29) is 41.2 Å². The monoisotopic (exact) mass is 449 g/mol. The number of fused-ring (bicyclic) bond motifs is 1. The predicted octanol–water partition coefficient (Wildman–Crippen LogP) is 2.56. The zero-order valence-corrected chi connectivity index (χ0v) is 19.3. The SMILES string of the molecule is Cc1ccc(CNC(=O)c2ncn3c2C(=O)N(C2CC2)[C@@](C)(C(=O)NC2CCCC2)C3)cc1. The summed E-state index contributed by atoms with van der Waals surface area (Å²) in [6.07, 6.45) is 7.49. The van der Waals surface area contributed by atoms with Gasteiger partial charge in [-0.05, 0) is 45.1 Å². The lowest BCUT2D eigenvalue weighted by Gasteiger charge is -2.44. The molecule has 2 saturated carbocycles. The molecular formula is C25H31N5O3. The number of nitrogens with zero attached hydrogens (tertiary/aromatic N) is 3. The van der Waals surface area contributed by atoms with E-state index in [1.54, 1.807) is 9.47 Å². The molecule has 174 valence electrons. The second-order valence-electron chi connectivity index (χ2n) is 9.87. The molecule has 3 amide bonds. The van der Waals surface area contributed by atoms with Crippen molar-refractivity contribution in [3.63, 3.8) is 0 Å². The van der Waals surface area contributed by atoms with Gasteiger partial charge in [-0.2, -0.15) is 0 Å². The molecule has 3 aliphatic rings. The van der Waals surface area contributed by atoms with E-state index in [9.17, 15) is 14.4 Å². The third kappa shape index (κ3) is 4.03. The van der Waals surface area contributed by atoms with Gasteiger partial charge in [0.15, 0.2) is 5.69 Å². The topological polar surface area (TPSA) is 96.3 Å². The fraction of sp³-hybridized carbons (Fsp3) is 0.520. The minimum atomic E-state index is -0.996. The Morgan fingerprint density at radius 1 is 1.12 bits per heavy atom. The average Bonchev–Trinajstić information content (AvgIpc) is 3.30. The van der Waals surface area contributed by atoms with Crippen molar-refractivity contribution in [2.24, 2.45) is 0 Å². The normalized spacial score (nSPS) is 22.8. The molecule has 1 aromatic carbocycles. The van der Waals surface area contributed by atoms with Crippen LogP contribution < -0.4 is 10.6 Å². The van der Waals surface area contributed by atoms with Crippen molar-refractivity contribution >= 4 is 17.7 Å². The Balaban J connectivity index is 1.38. The number of imidazole rings is 1. The molecule has 8 nitrogen and oxygen atoms in total. The van der Waals surface area contributed by atoms with Gasteiger partial charge in [-0.25, -0.2) is 4.98 Å². The molecule has 0 unspecified atom stereocenters. The van der Waals surface area contributed by atoms with E-state index in [2.05, 4.69) is 15.6 Å². The van der Waals surface area contributed by atoms with Crippen molar-refractivity contribution in [3.05, 3.63) is 53.1 Å². The number of aromatic nitrogens is 2. The standard InChI is InChI=1S/C25H31N5O3/c1-16-7-9-17(10-8-16)13-26-22(31)20-21-23(32)30(19-11-12-19)25(2,14-29(21)15-27-20)24(33)28-18-5-3-4-6-18/h7-10,15,18-19H,3-6,11-14H2,1-2H3,(H,26,31)(H,28,33)/t25-/m1/s1. The van der Waals surface area contributed by atoms with Gasteiger partial charge in [-0.15, -0.1) is 0 Å². The largest absolute Gasteiger partial charge is 0.351 e. The Morgan fingerprint density at radius 2 is 1.82 bits per heavy atom. The number of aryl methyl sites for hydroxylation is 1. The van der Waals surface area contributed by atoms with Gasteiger partial charge in [-0.1, -0.05) is 42.7 Å². The zero-order chi connectivity index (χ0) is 23.2. The summed E-state index contributed by atoms with van der Waals surface area (Å²) in [6.45, 7) is 4.50. The molecule has 2 aromatic rings. The van der Waals surface area contributed by atoms with Gasteiger partial charge in [-0.3, -0.25) is 14.4 Å². The van der Waals surface area contributed by atoms with Crippen LogP contribution in [-0.4, -0.2) is 49.8 Å². The van der Waals surface area contributed by atoms with Crippen molar-refractivity contribution < 1.29 is 14.4 Å². The van der Waals surface area contributed by atoms with Crippen molar-refractivity contribution in [1.29, 1.82) is 0 Å². The van der Waals surface area contributed by atoms with Crippen LogP contribution in [0.15, 0.2) is 30.6 Å². The molecular weight excluding hydrogens is 418 g/mol. The lowest BCUT2D eigenvalue weighted by molar-refractivity contribution is -0.134. The first-order chi connectivity index (χ1) is 15.9. The van der Waals surface area contributed by atoms with E-state index in [0.717, 1.165) is 49.7 Å². The lowest BCUT2D eigenvalue weighted by atomic mass is 9.93. The van der Waals surface area contributed by atoms with Gasteiger partial charge in [0.1, 0.15) is 11.2 Å². The molecule has 0 radical (unpaired) electrons. The second kappa shape index (κ2) is 8.32. The first-order valence-electron chi connectivity index (χ1n) is 11.9. The molecule has 2 aliphatic carbocycles. The molecule has 5 rings (SSSR count). The molecule has 1 atom stereocenters. The van der Waals surface area contributed by atoms with Gasteiger partial charge in [0.05, 0.1) is 12.9 Å². The molecule has 0 saturated heterocycles. The Hall–Kier alpha value is -3.16. The number of carbonyl (C=O) groups excluding carboxylic acids is 3. The predicted molar refractivity (Wildman–Crippen MR) is 123 cm³/mol. The molecule has 8 heteroatoms. The number of benzene rings is 1. The van der Waals surface area contributed by atoms with Gasteiger partial charge >= 0.3 is 0 Å². The van der Waals surface area contributed by atoms with E-state index in [1.165, 1.54) is 6.33 Å². The summed E-state index contributed by atoms with van der Waals surface area (Å²) in [4.78, 5) is 46.0. The zero-order valence-electron chi connectivity index (χ0n) is 19.3. The summed E-state index contributed by atoms with van der Waals surface area (Å²) in [6, 6.07) is 8.13.